The van der Waals surface area contributed by atoms with Crippen molar-refractivity contribution in [2.45, 2.75) is 37.8 Å². The first-order valence-corrected chi connectivity index (χ1v) is 12.7. The maximum atomic E-state index is 13.0. The number of rotatable bonds is 9. The van der Waals surface area contributed by atoms with Gasteiger partial charge in [-0.3, -0.25) is 10.2 Å². The van der Waals surface area contributed by atoms with E-state index in [0.29, 0.717) is 39.6 Å². The number of carbonyl (C=O) groups is 1. The summed E-state index contributed by atoms with van der Waals surface area (Å²) in [5.41, 5.74) is 15.8. The molecule has 8 N–H and O–H groups in total. The summed E-state index contributed by atoms with van der Waals surface area (Å²) in [7, 11) is 0. The quantitative estimate of drug-likeness (QED) is 0.0787. The molecule has 35 heavy (non-hydrogen) atoms. The first-order chi connectivity index (χ1) is 16.6. The van der Waals surface area contributed by atoms with Crippen LogP contribution in [-0.4, -0.2) is 29.1 Å². The molecule has 0 atom stereocenters. The fourth-order valence-electron chi connectivity index (χ4n) is 3.72. The molecular formula is C26H30ClN5O2S. The van der Waals surface area contributed by atoms with Crippen molar-refractivity contribution in [3.05, 3.63) is 70.2 Å². The number of nitrogens with one attached hydrogen (secondary N) is 3. The molecule has 0 radical (unpaired) electrons. The van der Waals surface area contributed by atoms with Crippen molar-refractivity contribution in [2.24, 2.45) is 5.73 Å². The summed E-state index contributed by atoms with van der Waals surface area (Å²) in [4.78, 5) is 13.9. The molecule has 0 saturated heterocycles. The molecule has 0 bridgehead atoms. The predicted molar refractivity (Wildman–Crippen MR) is 147 cm³/mol. The zero-order valence-electron chi connectivity index (χ0n) is 19.9. The Hall–Kier alpha value is -3.36. The van der Waals surface area contributed by atoms with Crippen molar-refractivity contribution in [2.75, 3.05) is 17.3 Å². The summed E-state index contributed by atoms with van der Waals surface area (Å²) in [6.45, 7) is 4.20. The van der Waals surface area contributed by atoms with E-state index in [9.17, 15) is 9.90 Å². The molecule has 0 unspecified atom stereocenters. The number of halogens is 1. The summed E-state index contributed by atoms with van der Waals surface area (Å²) in [5.74, 6) is -0.306. The minimum absolute atomic E-state index is 0.0125. The molecule has 9 heteroatoms. The van der Waals surface area contributed by atoms with Crippen molar-refractivity contribution in [1.29, 1.82) is 5.41 Å². The molecule has 0 spiro atoms. The molecule has 3 aromatic carbocycles. The largest absolute Gasteiger partial charge is 0.505 e. The van der Waals surface area contributed by atoms with E-state index in [2.05, 4.69) is 10.6 Å². The number of hydrogen-bond acceptors (Lipinski definition) is 6. The molecule has 184 valence electrons. The van der Waals surface area contributed by atoms with E-state index in [-0.39, 0.29) is 30.0 Å². The number of phenols is 1. The zero-order chi connectivity index (χ0) is 25.7. The van der Waals surface area contributed by atoms with Crippen LogP contribution in [0.1, 0.15) is 30.5 Å². The summed E-state index contributed by atoms with van der Waals surface area (Å²) in [6.07, 6.45) is 1.86. The van der Waals surface area contributed by atoms with Gasteiger partial charge in [-0.05, 0) is 55.5 Å². The molecule has 0 saturated carbocycles. The summed E-state index contributed by atoms with van der Waals surface area (Å²) in [6, 6.07) is 14.3. The van der Waals surface area contributed by atoms with Gasteiger partial charge in [0.05, 0.1) is 17.1 Å². The van der Waals surface area contributed by atoms with Gasteiger partial charge in [0.25, 0.3) is 0 Å². The van der Waals surface area contributed by atoms with Gasteiger partial charge in [-0.1, -0.05) is 35.9 Å². The highest BCUT2D eigenvalue weighted by Crippen LogP contribution is 2.45. The number of carbonyl (C=O) groups excluding carboxylic acids is 1. The van der Waals surface area contributed by atoms with Gasteiger partial charge in [0.15, 0.2) is 0 Å². The third-order valence-electron chi connectivity index (χ3n) is 5.38. The van der Waals surface area contributed by atoms with Gasteiger partial charge in [-0.2, -0.15) is 0 Å². The maximum Gasteiger partial charge on any atom is 0.224 e. The first kappa shape index (κ1) is 26.2. The molecular weight excluding hydrogens is 482 g/mol. The standard InChI is InChI=1S/C26H30ClN5O2S/c1-14(2)32-21-12-20(27)24(18-10-17(28)8-9-22(18)35-3)19(25(21)34)11-23(33)31-13-15-4-6-16(7-5-15)26(29)30/h4-10,12,14,32,34H,11,13,28H2,1-3H3,(H3,29,30)(H,31,33). The lowest BCUT2D eigenvalue weighted by molar-refractivity contribution is -0.120. The molecule has 0 aliphatic heterocycles. The van der Waals surface area contributed by atoms with Crippen molar-refractivity contribution < 1.29 is 9.90 Å². The Bertz CT molecular complexity index is 1250. The lowest BCUT2D eigenvalue weighted by Gasteiger charge is -2.21. The highest BCUT2D eigenvalue weighted by molar-refractivity contribution is 7.98. The molecule has 3 aromatic rings. The van der Waals surface area contributed by atoms with Crippen molar-refractivity contribution in [1.82, 2.24) is 5.32 Å². The number of nitrogens with two attached hydrogens (primary N) is 2. The number of anilines is 2. The number of benzene rings is 3. The van der Waals surface area contributed by atoms with Crippen LogP contribution in [0, 0.1) is 5.41 Å². The summed E-state index contributed by atoms with van der Waals surface area (Å²) < 4.78 is 0. The zero-order valence-corrected chi connectivity index (χ0v) is 21.5. The van der Waals surface area contributed by atoms with Crippen molar-refractivity contribution in [3.8, 4) is 16.9 Å². The van der Waals surface area contributed by atoms with Gasteiger partial charge in [-0.15, -0.1) is 11.8 Å². The number of aromatic hydroxyl groups is 1. The third-order valence-corrected chi connectivity index (χ3v) is 6.48. The Morgan fingerprint density at radius 3 is 2.46 bits per heavy atom. The van der Waals surface area contributed by atoms with Gasteiger partial charge in [-0.25, -0.2) is 0 Å². The SMILES string of the molecule is CSc1ccc(N)cc1-c1c(Cl)cc(NC(C)C)c(O)c1CC(=O)NCc1ccc(C(=N)N)cc1. The number of phenolic OH excluding ortho intramolecular Hbond substituents is 1. The minimum Gasteiger partial charge on any atom is -0.505 e. The summed E-state index contributed by atoms with van der Waals surface area (Å²) >= 11 is 8.27. The van der Waals surface area contributed by atoms with Crippen LogP contribution in [0.2, 0.25) is 5.02 Å². The lowest BCUT2D eigenvalue weighted by Crippen LogP contribution is -2.25. The Labute approximate surface area is 214 Å². The normalized spacial score (nSPS) is 10.9. The van der Waals surface area contributed by atoms with E-state index >= 15 is 0 Å². The van der Waals surface area contributed by atoms with Gasteiger partial charge in [0.2, 0.25) is 5.91 Å². The van der Waals surface area contributed by atoms with E-state index in [4.69, 9.17) is 28.5 Å². The monoisotopic (exact) mass is 511 g/mol. The van der Waals surface area contributed by atoms with Crippen LogP contribution in [0.15, 0.2) is 53.4 Å². The number of amidine groups is 1. The van der Waals surface area contributed by atoms with Crippen LogP contribution < -0.4 is 22.1 Å². The van der Waals surface area contributed by atoms with Gasteiger partial charge in [0.1, 0.15) is 11.6 Å². The number of nitrogen functional groups attached to an aromatic ring is 2. The first-order valence-electron chi connectivity index (χ1n) is 11.1. The summed E-state index contributed by atoms with van der Waals surface area (Å²) in [5, 5.41) is 25.2. The molecule has 0 aliphatic carbocycles. The molecule has 0 aromatic heterocycles. The molecule has 0 aliphatic rings. The Morgan fingerprint density at radius 2 is 1.86 bits per heavy atom. The van der Waals surface area contributed by atoms with Gasteiger partial charge < -0.3 is 27.2 Å². The van der Waals surface area contributed by atoms with Gasteiger partial charge in [0, 0.05) is 39.9 Å². The second kappa shape index (κ2) is 11.4. The fourth-order valence-corrected chi connectivity index (χ4v) is 4.63. The third kappa shape index (κ3) is 6.41. The second-order valence-corrected chi connectivity index (χ2v) is 9.69. The maximum absolute atomic E-state index is 13.0. The Balaban J connectivity index is 1.97. The smallest absolute Gasteiger partial charge is 0.224 e. The average Bonchev–Trinajstić information content (AvgIpc) is 2.81. The molecule has 0 heterocycles. The van der Waals surface area contributed by atoms with E-state index in [1.165, 1.54) is 11.8 Å². The van der Waals surface area contributed by atoms with Crippen molar-refractivity contribution in [3.63, 3.8) is 0 Å². The minimum atomic E-state index is -0.274. The predicted octanol–water partition coefficient (Wildman–Crippen LogP) is 4.98. The van der Waals surface area contributed by atoms with Crippen LogP contribution in [0.3, 0.4) is 0 Å². The number of thioether (sulfide) groups is 1. The number of hydrogen-bond donors (Lipinski definition) is 6. The fraction of sp³-hybridized carbons (Fsp3) is 0.231. The van der Waals surface area contributed by atoms with E-state index in [1.807, 2.05) is 44.4 Å². The molecule has 3 rings (SSSR count). The average molecular weight is 512 g/mol. The Morgan fingerprint density at radius 1 is 1.17 bits per heavy atom. The number of amides is 1. The van der Waals surface area contributed by atoms with Crippen LogP contribution in [0.4, 0.5) is 11.4 Å². The highest BCUT2D eigenvalue weighted by Gasteiger charge is 2.23. The highest BCUT2D eigenvalue weighted by atomic mass is 35.5. The van der Waals surface area contributed by atoms with E-state index in [0.717, 1.165) is 16.0 Å². The molecule has 7 nitrogen and oxygen atoms in total. The Kier molecular flexibility index (Phi) is 8.53. The van der Waals surface area contributed by atoms with Crippen LogP contribution in [0.5, 0.6) is 5.75 Å². The topological polar surface area (TPSA) is 137 Å². The van der Waals surface area contributed by atoms with Crippen molar-refractivity contribution >= 4 is 46.5 Å². The van der Waals surface area contributed by atoms with E-state index in [1.54, 1.807) is 24.3 Å². The van der Waals surface area contributed by atoms with Crippen LogP contribution in [-0.2, 0) is 17.8 Å². The van der Waals surface area contributed by atoms with Crippen LogP contribution in [0.25, 0.3) is 11.1 Å². The molecule has 0 fully saturated rings. The second-order valence-electron chi connectivity index (χ2n) is 8.43. The van der Waals surface area contributed by atoms with Crippen LogP contribution >= 0.6 is 23.4 Å². The molecule has 1 amide bonds. The van der Waals surface area contributed by atoms with Gasteiger partial charge >= 0.3 is 0 Å². The lowest BCUT2D eigenvalue weighted by atomic mass is 9.94. The van der Waals surface area contributed by atoms with E-state index < -0.39 is 0 Å².